The van der Waals surface area contributed by atoms with Gasteiger partial charge in [-0.15, -0.1) is 0 Å². The standard InChI is InChI=1S/C12H12Cl2N/c1-3-8(2)15-5-4-9-6-10(13)11(14)7-12(9)15/h3-8H,1-2H3. The first kappa shape index (κ1) is 10.8. The number of hydrogen-bond acceptors (Lipinski definition) is 0. The minimum absolute atomic E-state index is 0.361. The van der Waals surface area contributed by atoms with E-state index in [1.54, 1.807) is 0 Å². The predicted molar refractivity (Wildman–Crippen MR) is 66.6 cm³/mol. The fourth-order valence-electron chi connectivity index (χ4n) is 1.67. The average Bonchev–Trinajstić information content (AvgIpc) is 2.61. The lowest BCUT2D eigenvalue weighted by Crippen LogP contribution is -2.01. The predicted octanol–water partition coefficient (Wildman–Crippen LogP) is 4.73. The maximum absolute atomic E-state index is 6.01. The van der Waals surface area contributed by atoms with Gasteiger partial charge in [0.2, 0.25) is 0 Å². The zero-order valence-electron chi connectivity index (χ0n) is 8.67. The summed E-state index contributed by atoms with van der Waals surface area (Å²) in [5, 5.41) is 2.33. The third kappa shape index (κ3) is 1.86. The van der Waals surface area contributed by atoms with E-state index in [1.807, 2.05) is 19.1 Å². The second-order valence-corrected chi connectivity index (χ2v) is 4.44. The van der Waals surface area contributed by atoms with Crippen molar-refractivity contribution in [2.45, 2.75) is 19.9 Å². The monoisotopic (exact) mass is 240 g/mol. The fourth-order valence-corrected chi connectivity index (χ4v) is 2.00. The Morgan fingerprint density at radius 1 is 1.27 bits per heavy atom. The Bertz CT molecular complexity index is 488. The highest BCUT2D eigenvalue weighted by Crippen LogP contribution is 2.30. The molecule has 1 aromatic carbocycles. The molecule has 1 heterocycles. The van der Waals surface area contributed by atoms with Gasteiger partial charge < -0.3 is 4.57 Å². The molecule has 15 heavy (non-hydrogen) atoms. The molecule has 0 aliphatic carbocycles. The number of halogens is 2. The Morgan fingerprint density at radius 2 is 1.93 bits per heavy atom. The topological polar surface area (TPSA) is 4.93 Å². The van der Waals surface area contributed by atoms with Crippen LogP contribution in [-0.4, -0.2) is 4.57 Å². The number of benzene rings is 1. The molecule has 0 bridgehead atoms. The van der Waals surface area contributed by atoms with E-state index in [9.17, 15) is 0 Å². The summed E-state index contributed by atoms with van der Waals surface area (Å²) >= 11 is 12.0. The van der Waals surface area contributed by atoms with Crippen molar-refractivity contribution >= 4 is 34.1 Å². The number of nitrogens with zero attached hydrogens (tertiary/aromatic N) is 1. The van der Waals surface area contributed by atoms with E-state index in [2.05, 4.69) is 30.2 Å². The molecule has 0 fully saturated rings. The van der Waals surface area contributed by atoms with Crippen LogP contribution in [0.2, 0.25) is 10.0 Å². The molecule has 1 unspecified atom stereocenters. The van der Waals surface area contributed by atoms with Crippen molar-refractivity contribution in [2.24, 2.45) is 0 Å². The van der Waals surface area contributed by atoms with Crippen LogP contribution >= 0.6 is 23.2 Å². The molecule has 1 radical (unpaired) electrons. The van der Waals surface area contributed by atoms with E-state index >= 15 is 0 Å². The first-order valence-corrected chi connectivity index (χ1v) is 5.64. The van der Waals surface area contributed by atoms with Crippen LogP contribution in [0.4, 0.5) is 0 Å². The summed E-state index contributed by atoms with van der Waals surface area (Å²) < 4.78 is 2.18. The Morgan fingerprint density at radius 3 is 2.60 bits per heavy atom. The van der Waals surface area contributed by atoms with Crippen molar-refractivity contribution < 1.29 is 0 Å². The summed E-state index contributed by atoms with van der Waals surface area (Å²) in [7, 11) is 0. The van der Waals surface area contributed by atoms with E-state index in [0.29, 0.717) is 16.1 Å². The van der Waals surface area contributed by atoms with Crippen LogP contribution in [0.5, 0.6) is 0 Å². The number of aromatic nitrogens is 1. The molecule has 79 valence electrons. The van der Waals surface area contributed by atoms with Gasteiger partial charge >= 0.3 is 0 Å². The second kappa shape index (κ2) is 4.07. The van der Waals surface area contributed by atoms with Crippen molar-refractivity contribution in [3.63, 3.8) is 0 Å². The maximum Gasteiger partial charge on any atom is 0.0613 e. The third-order valence-corrected chi connectivity index (χ3v) is 3.41. The lowest BCUT2D eigenvalue weighted by atomic mass is 10.2. The molecule has 1 nitrogen and oxygen atoms in total. The van der Waals surface area contributed by atoms with Crippen molar-refractivity contribution in [2.75, 3.05) is 0 Å². The van der Waals surface area contributed by atoms with Crippen LogP contribution < -0.4 is 0 Å². The third-order valence-electron chi connectivity index (χ3n) is 2.68. The summed E-state index contributed by atoms with van der Waals surface area (Å²) in [6, 6.07) is 6.23. The molecule has 0 aliphatic heterocycles. The van der Waals surface area contributed by atoms with Gasteiger partial charge in [0.15, 0.2) is 0 Å². The Balaban J connectivity index is 2.64. The zero-order chi connectivity index (χ0) is 11.0. The van der Waals surface area contributed by atoms with Crippen LogP contribution in [-0.2, 0) is 0 Å². The Kier molecular flexibility index (Phi) is 2.94. The van der Waals surface area contributed by atoms with E-state index < -0.39 is 0 Å². The number of hydrogen-bond donors (Lipinski definition) is 0. The molecular weight excluding hydrogens is 229 g/mol. The number of fused-ring (bicyclic) bond motifs is 1. The molecular formula is C12H12Cl2N. The SMILES string of the molecule is C[CH]C(C)n1ccc2cc(Cl)c(Cl)cc21. The molecule has 0 aliphatic rings. The van der Waals surface area contributed by atoms with Gasteiger partial charge in [0.05, 0.1) is 10.0 Å². The molecule has 1 atom stereocenters. The van der Waals surface area contributed by atoms with Gasteiger partial charge in [-0.1, -0.05) is 30.1 Å². The normalized spacial score (nSPS) is 13.3. The number of rotatable bonds is 2. The van der Waals surface area contributed by atoms with Gasteiger partial charge in [-0.3, -0.25) is 0 Å². The highest BCUT2D eigenvalue weighted by molar-refractivity contribution is 6.42. The first-order chi connectivity index (χ1) is 7.13. The lowest BCUT2D eigenvalue weighted by Gasteiger charge is -2.12. The summed E-state index contributed by atoms with van der Waals surface area (Å²) in [6.45, 7) is 4.19. The van der Waals surface area contributed by atoms with Crippen LogP contribution in [0.1, 0.15) is 19.9 Å². The minimum atomic E-state index is 0.361. The van der Waals surface area contributed by atoms with Gasteiger partial charge in [-0.05, 0) is 31.5 Å². The van der Waals surface area contributed by atoms with E-state index in [-0.39, 0.29) is 0 Å². The highest BCUT2D eigenvalue weighted by Gasteiger charge is 2.08. The molecule has 1 aromatic heterocycles. The van der Waals surface area contributed by atoms with Gasteiger partial charge in [-0.2, -0.15) is 0 Å². The van der Waals surface area contributed by atoms with Crippen molar-refractivity contribution in [1.82, 2.24) is 4.57 Å². The fraction of sp³-hybridized carbons (Fsp3) is 0.250. The molecule has 0 saturated heterocycles. The van der Waals surface area contributed by atoms with Gasteiger partial charge in [-0.25, -0.2) is 0 Å². The molecule has 0 N–H and O–H groups in total. The van der Waals surface area contributed by atoms with Crippen LogP contribution in [0.3, 0.4) is 0 Å². The van der Waals surface area contributed by atoms with Gasteiger partial charge in [0.25, 0.3) is 0 Å². The van der Waals surface area contributed by atoms with Crippen LogP contribution in [0.25, 0.3) is 10.9 Å². The van der Waals surface area contributed by atoms with Crippen molar-refractivity contribution in [3.8, 4) is 0 Å². The minimum Gasteiger partial charge on any atom is -0.344 e. The Labute approximate surface area is 99.6 Å². The molecule has 2 rings (SSSR count). The van der Waals surface area contributed by atoms with Gasteiger partial charge in [0.1, 0.15) is 0 Å². The lowest BCUT2D eigenvalue weighted by molar-refractivity contribution is 0.643. The second-order valence-electron chi connectivity index (χ2n) is 3.62. The van der Waals surface area contributed by atoms with Crippen LogP contribution in [0.15, 0.2) is 24.4 Å². The highest BCUT2D eigenvalue weighted by atomic mass is 35.5. The molecule has 2 aromatic rings. The van der Waals surface area contributed by atoms with E-state index in [1.165, 1.54) is 0 Å². The van der Waals surface area contributed by atoms with Crippen LogP contribution in [0, 0.1) is 6.42 Å². The average molecular weight is 241 g/mol. The van der Waals surface area contributed by atoms with Crippen molar-refractivity contribution in [3.05, 3.63) is 40.9 Å². The molecule has 0 saturated carbocycles. The molecule has 3 heteroatoms. The smallest absolute Gasteiger partial charge is 0.0613 e. The maximum atomic E-state index is 6.01. The summed E-state index contributed by atoms with van der Waals surface area (Å²) in [6.07, 6.45) is 4.20. The van der Waals surface area contributed by atoms with Crippen molar-refractivity contribution in [1.29, 1.82) is 0 Å². The zero-order valence-corrected chi connectivity index (χ0v) is 10.2. The van der Waals surface area contributed by atoms with Gasteiger partial charge in [0, 0.05) is 23.1 Å². The van der Waals surface area contributed by atoms with E-state index in [0.717, 1.165) is 10.9 Å². The molecule has 0 amide bonds. The summed E-state index contributed by atoms with van der Waals surface area (Å²) in [5.74, 6) is 0. The quantitative estimate of drug-likeness (QED) is 0.716. The summed E-state index contributed by atoms with van der Waals surface area (Å²) in [5.41, 5.74) is 1.12. The Hall–Kier alpha value is -0.660. The molecule has 0 spiro atoms. The largest absolute Gasteiger partial charge is 0.344 e. The first-order valence-electron chi connectivity index (χ1n) is 4.88. The summed E-state index contributed by atoms with van der Waals surface area (Å²) in [4.78, 5) is 0. The van der Waals surface area contributed by atoms with E-state index in [4.69, 9.17) is 23.2 Å².